The summed E-state index contributed by atoms with van der Waals surface area (Å²) in [4.78, 5) is 24.3. The van der Waals surface area contributed by atoms with Crippen LogP contribution in [0.2, 0.25) is 0 Å². The Kier molecular flexibility index (Phi) is 6.21. The molecule has 2 aromatic heterocycles. The Balaban J connectivity index is 1.63. The van der Waals surface area contributed by atoms with Crippen LogP contribution in [0.15, 0.2) is 53.2 Å². The van der Waals surface area contributed by atoms with E-state index in [0.717, 1.165) is 22.5 Å². The lowest BCUT2D eigenvalue weighted by Gasteiger charge is -2.10. The molecule has 1 aromatic carbocycles. The third-order valence-electron chi connectivity index (χ3n) is 4.43. The molecule has 0 aliphatic carbocycles. The minimum absolute atomic E-state index is 0.254. The van der Waals surface area contributed by atoms with Gasteiger partial charge in [0.15, 0.2) is 6.61 Å². The highest BCUT2D eigenvalue weighted by Crippen LogP contribution is 2.18. The van der Waals surface area contributed by atoms with E-state index in [1.54, 1.807) is 24.3 Å². The Bertz CT molecular complexity index is 1000. The number of hydrogen-bond acceptors (Lipinski definition) is 4. The van der Waals surface area contributed by atoms with Crippen LogP contribution in [0.3, 0.4) is 0 Å². The van der Waals surface area contributed by atoms with Crippen molar-refractivity contribution in [3.8, 4) is 0 Å². The molecule has 2 heterocycles. The number of benzene rings is 1. The number of thiophene rings is 1. The molecule has 6 heteroatoms. The molecule has 3 rings (SSSR count). The maximum Gasteiger partial charge on any atom is 0.331 e. The Morgan fingerprint density at radius 1 is 1.18 bits per heavy atom. The van der Waals surface area contributed by atoms with Crippen LogP contribution in [-0.4, -0.2) is 22.9 Å². The van der Waals surface area contributed by atoms with Crippen LogP contribution in [0, 0.1) is 19.7 Å². The third-order valence-corrected chi connectivity index (χ3v) is 5.13. The van der Waals surface area contributed by atoms with E-state index >= 15 is 0 Å². The second-order valence-corrected chi connectivity index (χ2v) is 7.20. The quantitative estimate of drug-likeness (QED) is 0.327. The summed E-state index contributed by atoms with van der Waals surface area (Å²) in [5, 5.41) is 3.82. The van der Waals surface area contributed by atoms with Gasteiger partial charge in [0.1, 0.15) is 5.82 Å². The first-order chi connectivity index (χ1) is 13.4. The van der Waals surface area contributed by atoms with E-state index < -0.39 is 5.97 Å². The normalized spacial score (nSPS) is 11.1. The van der Waals surface area contributed by atoms with E-state index in [9.17, 15) is 14.0 Å². The van der Waals surface area contributed by atoms with Crippen molar-refractivity contribution in [2.45, 2.75) is 20.4 Å². The Morgan fingerprint density at radius 3 is 2.61 bits per heavy atom. The zero-order chi connectivity index (χ0) is 20.1. The van der Waals surface area contributed by atoms with Crippen LogP contribution in [0.25, 0.3) is 6.08 Å². The summed E-state index contributed by atoms with van der Waals surface area (Å²) in [6.45, 7) is 3.98. The number of ether oxygens (including phenoxy) is 1. The second kappa shape index (κ2) is 8.80. The lowest BCUT2D eigenvalue weighted by Crippen LogP contribution is -2.13. The van der Waals surface area contributed by atoms with Crippen LogP contribution in [0.5, 0.6) is 0 Å². The van der Waals surface area contributed by atoms with E-state index in [2.05, 4.69) is 0 Å². The van der Waals surface area contributed by atoms with Gasteiger partial charge in [0.25, 0.3) is 0 Å². The number of aryl methyl sites for hydroxylation is 1. The molecule has 0 bridgehead atoms. The SMILES string of the molecule is Cc1cc(C(=O)COC(=O)/C=C/c2ccsc2)c(C)n1Cc1ccc(F)cc1. The molecule has 0 amide bonds. The number of carbonyl (C=O) groups excluding carboxylic acids is 2. The van der Waals surface area contributed by atoms with Crippen LogP contribution >= 0.6 is 11.3 Å². The number of aromatic nitrogens is 1. The van der Waals surface area contributed by atoms with Gasteiger partial charge >= 0.3 is 5.97 Å². The highest BCUT2D eigenvalue weighted by molar-refractivity contribution is 7.08. The van der Waals surface area contributed by atoms with Crippen molar-refractivity contribution in [1.29, 1.82) is 0 Å². The van der Waals surface area contributed by atoms with Gasteiger partial charge < -0.3 is 9.30 Å². The predicted molar refractivity (Wildman–Crippen MR) is 108 cm³/mol. The summed E-state index contributed by atoms with van der Waals surface area (Å²) in [5.74, 6) is -1.09. The number of halogens is 1. The summed E-state index contributed by atoms with van der Waals surface area (Å²) in [6.07, 6.45) is 2.96. The monoisotopic (exact) mass is 397 g/mol. The number of esters is 1. The van der Waals surface area contributed by atoms with Crippen molar-refractivity contribution >= 4 is 29.2 Å². The first-order valence-electron chi connectivity index (χ1n) is 8.75. The maximum absolute atomic E-state index is 13.1. The first-order valence-corrected chi connectivity index (χ1v) is 9.69. The third kappa shape index (κ3) is 4.84. The summed E-state index contributed by atoms with van der Waals surface area (Å²) in [7, 11) is 0. The topological polar surface area (TPSA) is 48.3 Å². The van der Waals surface area contributed by atoms with Crippen LogP contribution in [0.1, 0.15) is 32.9 Å². The van der Waals surface area contributed by atoms with Crippen molar-refractivity contribution in [3.63, 3.8) is 0 Å². The second-order valence-electron chi connectivity index (χ2n) is 6.42. The largest absolute Gasteiger partial charge is 0.454 e. The fraction of sp³-hybridized carbons (Fsp3) is 0.182. The molecule has 28 heavy (non-hydrogen) atoms. The molecule has 144 valence electrons. The lowest BCUT2D eigenvalue weighted by molar-refractivity contribution is -0.136. The summed E-state index contributed by atoms with van der Waals surface area (Å²) in [5.41, 5.74) is 4.07. The standard InChI is InChI=1S/C22H20FNO3S/c1-15-11-20(16(2)24(15)12-17-3-6-19(23)7-4-17)21(25)13-27-22(26)8-5-18-9-10-28-14-18/h3-11,14H,12-13H2,1-2H3/b8-5+. The molecule has 0 saturated carbocycles. The van der Waals surface area contributed by atoms with Gasteiger partial charge in [-0.25, -0.2) is 9.18 Å². The van der Waals surface area contributed by atoms with Crippen molar-refractivity contribution in [2.75, 3.05) is 6.61 Å². The van der Waals surface area contributed by atoms with Gasteiger partial charge in [0.2, 0.25) is 5.78 Å². The van der Waals surface area contributed by atoms with Crippen LogP contribution < -0.4 is 0 Å². The van der Waals surface area contributed by atoms with E-state index in [1.807, 2.05) is 35.2 Å². The molecule has 0 spiro atoms. The molecular formula is C22H20FNO3S. The number of rotatable bonds is 7. The summed E-state index contributed by atoms with van der Waals surface area (Å²) < 4.78 is 20.1. The van der Waals surface area contributed by atoms with Gasteiger partial charge in [-0.3, -0.25) is 4.79 Å². The smallest absolute Gasteiger partial charge is 0.331 e. The predicted octanol–water partition coefficient (Wildman–Crippen LogP) is 4.79. The van der Waals surface area contributed by atoms with Gasteiger partial charge in [0, 0.05) is 29.6 Å². The Hall–Kier alpha value is -2.99. The van der Waals surface area contributed by atoms with Gasteiger partial charge in [-0.15, -0.1) is 0 Å². The number of nitrogens with zero attached hydrogens (tertiary/aromatic N) is 1. The molecule has 0 N–H and O–H groups in total. The van der Waals surface area contributed by atoms with E-state index in [-0.39, 0.29) is 18.2 Å². The average Bonchev–Trinajstić information content (AvgIpc) is 3.29. The molecule has 3 aromatic rings. The molecule has 0 aliphatic rings. The van der Waals surface area contributed by atoms with E-state index in [0.29, 0.717) is 12.1 Å². The molecule has 0 saturated heterocycles. The van der Waals surface area contributed by atoms with E-state index in [1.165, 1.54) is 29.5 Å². The Labute approximate surface area is 166 Å². The fourth-order valence-corrected chi connectivity index (χ4v) is 3.52. The van der Waals surface area contributed by atoms with Gasteiger partial charge in [-0.05, 0) is 66.1 Å². The van der Waals surface area contributed by atoms with Gasteiger partial charge in [-0.2, -0.15) is 11.3 Å². The Morgan fingerprint density at radius 2 is 1.93 bits per heavy atom. The zero-order valence-corrected chi connectivity index (χ0v) is 16.5. The average molecular weight is 397 g/mol. The molecule has 0 atom stereocenters. The van der Waals surface area contributed by atoms with Crippen molar-refractivity contribution in [1.82, 2.24) is 4.57 Å². The molecule has 0 unspecified atom stereocenters. The molecule has 0 radical (unpaired) electrons. The highest BCUT2D eigenvalue weighted by Gasteiger charge is 2.17. The molecular weight excluding hydrogens is 377 g/mol. The maximum atomic E-state index is 13.1. The molecule has 4 nitrogen and oxygen atoms in total. The number of carbonyl (C=O) groups is 2. The minimum Gasteiger partial charge on any atom is -0.454 e. The lowest BCUT2D eigenvalue weighted by atomic mass is 10.1. The summed E-state index contributed by atoms with van der Waals surface area (Å²) >= 11 is 1.53. The van der Waals surface area contributed by atoms with Crippen LogP contribution in [0.4, 0.5) is 4.39 Å². The van der Waals surface area contributed by atoms with Crippen molar-refractivity contribution in [3.05, 3.63) is 87.1 Å². The zero-order valence-electron chi connectivity index (χ0n) is 15.6. The summed E-state index contributed by atoms with van der Waals surface area (Å²) in [6, 6.07) is 9.94. The molecule has 0 fully saturated rings. The van der Waals surface area contributed by atoms with Crippen molar-refractivity contribution < 1.29 is 18.7 Å². The van der Waals surface area contributed by atoms with Gasteiger partial charge in [-0.1, -0.05) is 12.1 Å². The van der Waals surface area contributed by atoms with Gasteiger partial charge in [0.05, 0.1) is 0 Å². The number of ketones is 1. The number of hydrogen-bond donors (Lipinski definition) is 0. The fourth-order valence-electron chi connectivity index (χ4n) is 2.90. The van der Waals surface area contributed by atoms with Crippen LogP contribution in [-0.2, 0) is 16.1 Å². The molecule has 0 aliphatic heterocycles. The number of Topliss-reactive ketones (excluding diaryl/α,β-unsaturated/α-hetero) is 1. The van der Waals surface area contributed by atoms with Crippen molar-refractivity contribution in [2.24, 2.45) is 0 Å². The highest BCUT2D eigenvalue weighted by atomic mass is 32.1. The first kappa shape index (κ1) is 19.8. The minimum atomic E-state index is -0.556. The van der Waals surface area contributed by atoms with E-state index in [4.69, 9.17) is 4.74 Å².